The number of fused-ring (bicyclic) bond motifs is 1. The summed E-state index contributed by atoms with van der Waals surface area (Å²) in [4.78, 5) is 28.3. The molecule has 2 aliphatic rings. The Kier molecular flexibility index (Phi) is 3.92. The van der Waals surface area contributed by atoms with Crippen molar-refractivity contribution in [3.63, 3.8) is 0 Å². The molecular formula is C16H21N3O2. The number of nitrogens with zero attached hydrogens (tertiary/aromatic N) is 2. The fraction of sp³-hybridized carbons (Fsp3) is 0.500. The molecule has 1 N–H and O–H groups in total. The van der Waals surface area contributed by atoms with Crippen molar-refractivity contribution in [2.24, 2.45) is 5.92 Å². The molecule has 0 aliphatic carbocycles. The number of hydrogen-bond acceptors (Lipinski definition) is 3. The molecule has 1 aromatic rings. The predicted molar refractivity (Wildman–Crippen MR) is 82.3 cm³/mol. The zero-order valence-electron chi connectivity index (χ0n) is 12.3. The van der Waals surface area contributed by atoms with Gasteiger partial charge in [-0.3, -0.25) is 9.59 Å². The lowest BCUT2D eigenvalue weighted by molar-refractivity contribution is -0.122. The van der Waals surface area contributed by atoms with Crippen LogP contribution in [0.1, 0.15) is 19.3 Å². The first kappa shape index (κ1) is 14.1. The van der Waals surface area contributed by atoms with Crippen LogP contribution >= 0.6 is 0 Å². The second-order valence-corrected chi connectivity index (χ2v) is 6.00. The van der Waals surface area contributed by atoms with Gasteiger partial charge < -0.3 is 15.1 Å². The molecule has 0 spiro atoms. The number of benzene rings is 1. The number of piperidine rings is 1. The van der Waals surface area contributed by atoms with E-state index in [0.29, 0.717) is 12.3 Å². The summed E-state index contributed by atoms with van der Waals surface area (Å²) < 4.78 is 0. The van der Waals surface area contributed by atoms with Gasteiger partial charge in [0, 0.05) is 6.42 Å². The standard InChI is InChI=1S/C16H21N3O2/c1-18-8-6-12(7-9-18)10-16(21)19-11-15(20)17-13-4-2-3-5-14(13)19/h2-5,12H,6-11H2,1H3,(H,17,20). The third kappa shape index (κ3) is 3.08. The van der Waals surface area contributed by atoms with E-state index in [2.05, 4.69) is 17.3 Å². The SMILES string of the molecule is CN1CCC(CC(=O)N2CC(=O)Nc3ccccc32)CC1. The number of carbonyl (C=O) groups is 2. The fourth-order valence-electron chi connectivity index (χ4n) is 3.08. The van der Waals surface area contributed by atoms with Crippen LogP contribution in [0.3, 0.4) is 0 Å². The van der Waals surface area contributed by atoms with E-state index < -0.39 is 0 Å². The van der Waals surface area contributed by atoms with Gasteiger partial charge in [0.15, 0.2) is 0 Å². The maximum atomic E-state index is 12.6. The zero-order chi connectivity index (χ0) is 14.8. The zero-order valence-corrected chi connectivity index (χ0v) is 12.3. The molecule has 1 saturated heterocycles. The van der Waals surface area contributed by atoms with Gasteiger partial charge in [-0.1, -0.05) is 12.1 Å². The molecule has 112 valence electrons. The summed E-state index contributed by atoms with van der Waals surface area (Å²) in [5, 5.41) is 2.81. The molecule has 0 unspecified atom stereocenters. The Balaban J connectivity index is 1.71. The van der Waals surface area contributed by atoms with Crippen LogP contribution in [-0.4, -0.2) is 43.4 Å². The second kappa shape index (κ2) is 5.85. The van der Waals surface area contributed by atoms with Crippen molar-refractivity contribution in [1.82, 2.24) is 4.90 Å². The van der Waals surface area contributed by atoms with Crippen LogP contribution in [-0.2, 0) is 9.59 Å². The summed E-state index contributed by atoms with van der Waals surface area (Å²) in [6.45, 7) is 2.23. The molecule has 3 rings (SSSR count). The van der Waals surface area contributed by atoms with Crippen molar-refractivity contribution in [2.75, 3.05) is 36.9 Å². The van der Waals surface area contributed by atoms with Crippen molar-refractivity contribution in [3.05, 3.63) is 24.3 Å². The topological polar surface area (TPSA) is 52.7 Å². The minimum atomic E-state index is -0.120. The van der Waals surface area contributed by atoms with Gasteiger partial charge in [-0.15, -0.1) is 0 Å². The highest BCUT2D eigenvalue weighted by Crippen LogP contribution is 2.30. The van der Waals surface area contributed by atoms with Gasteiger partial charge in [-0.2, -0.15) is 0 Å². The van der Waals surface area contributed by atoms with Gasteiger partial charge in [0.05, 0.1) is 11.4 Å². The van der Waals surface area contributed by atoms with Crippen molar-refractivity contribution in [2.45, 2.75) is 19.3 Å². The monoisotopic (exact) mass is 287 g/mol. The van der Waals surface area contributed by atoms with Crippen LogP contribution < -0.4 is 10.2 Å². The van der Waals surface area contributed by atoms with Crippen LogP contribution in [0.2, 0.25) is 0 Å². The molecule has 2 heterocycles. The molecule has 0 aromatic heterocycles. The van der Waals surface area contributed by atoms with Gasteiger partial charge in [0.1, 0.15) is 6.54 Å². The van der Waals surface area contributed by atoms with E-state index in [-0.39, 0.29) is 18.4 Å². The summed E-state index contributed by atoms with van der Waals surface area (Å²) in [6, 6.07) is 7.49. The Morgan fingerprint density at radius 1 is 1.29 bits per heavy atom. The number of carbonyl (C=O) groups excluding carboxylic acids is 2. The average Bonchev–Trinajstić information content (AvgIpc) is 2.48. The van der Waals surface area contributed by atoms with Gasteiger partial charge in [-0.05, 0) is 51.0 Å². The lowest BCUT2D eigenvalue weighted by Gasteiger charge is -2.32. The molecule has 0 atom stereocenters. The molecule has 1 fully saturated rings. The lowest BCUT2D eigenvalue weighted by atomic mass is 9.93. The molecule has 0 bridgehead atoms. The minimum Gasteiger partial charge on any atom is -0.323 e. The number of anilines is 2. The van der Waals surface area contributed by atoms with E-state index in [0.717, 1.165) is 37.3 Å². The Morgan fingerprint density at radius 2 is 2.00 bits per heavy atom. The molecule has 21 heavy (non-hydrogen) atoms. The van der Waals surface area contributed by atoms with Crippen LogP contribution in [0.15, 0.2) is 24.3 Å². The molecule has 2 aliphatic heterocycles. The van der Waals surface area contributed by atoms with Crippen LogP contribution in [0.4, 0.5) is 11.4 Å². The lowest BCUT2D eigenvalue weighted by Crippen LogP contribution is -2.43. The summed E-state index contributed by atoms with van der Waals surface area (Å²) in [5.41, 5.74) is 1.54. The molecule has 5 heteroatoms. The molecule has 1 aromatic carbocycles. The summed E-state index contributed by atoms with van der Waals surface area (Å²) in [7, 11) is 2.11. The average molecular weight is 287 g/mol. The number of likely N-dealkylation sites (tertiary alicyclic amines) is 1. The largest absolute Gasteiger partial charge is 0.323 e. The highest BCUT2D eigenvalue weighted by Gasteiger charge is 2.28. The number of hydrogen-bond donors (Lipinski definition) is 1. The first-order valence-electron chi connectivity index (χ1n) is 7.51. The quantitative estimate of drug-likeness (QED) is 0.901. The molecule has 5 nitrogen and oxygen atoms in total. The van der Waals surface area contributed by atoms with Crippen molar-refractivity contribution in [3.8, 4) is 0 Å². The van der Waals surface area contributed by atoms with Crippen LogP contribution in [0.25, 0.3) is 0 Å². The second-order valence-electron chi connectivity index (χ2n) is 6.00. The summed E-state index contributed by atoms with van der Waals surface area (Å²) >= 11 is 0. The van der Waals surface area contributed by atoms with E-state index >= 15 is 0 Å². The molecular weight excluding hydrogens is 266 g/mol. The van der Waals surface area contributed by atoms with E-state index in [1.165, 1.54) is 0 Å². The van der Waals surface area contributed by atoms with E-state index in [9.17, 15) is 9.59 Å². The third-order valence-corrected chi connectivity index (χ3v) is 4.37. The summed E-state index contributed by atoms with van der Waals surface area (Å²) in [6.07, 6.45) is 2.66. The molecule has 0 saturated carbocycles. The van der Waals surface area contributed by atoms with Gasteiger partial charge >= 0.3 is 0 Å². The summed E-state index contributed by atoms with van der Waals surface area (Å²) in [5.74, 6) is 0.378. The van der Waals surface area contributed by atoms with Crippen molar-refractivity contribution in [1.29, 1.82) is 0 Å². The minimum absolute atomic E-state index is 0.0619. The van der Waals surface area contributed by atoms with Gasteiger partial charge in [0.2, 0.25) is 11.8 Å². The smallest absolute Gasteiger partial charge is 0.244 e. The van der Waals surface area contributed by atoms with E-state index in [1.807, 2.05) is 24.3 Å². The Bertz CT molecular complexity index is 550. The molecule has 2 amide bonds. The van der Waals surface area contributed by atoms with Gasteiger partial charge in [-0.25, -0.2) is 0 Å². The highest BCUT2D eigenvalue weighted by atomic mass is 16.2. The Morgan fingerprint density at radius 3 is 2.76 bits per heavy atom. The number of nitrogens with one attached hydrogen (secondary N) is 1. The fourth-order valence-corrected chi connectivity index (χ4v) is 3.08. The van der Waals surface area contributed by atoms with E-state index in [4.69, 9.17) is 0 Å². The van der Waals surface area contributed by atoms with Crippen molar-refractivity contribution >= 4 is 23.2 Å². The van der Waals surface area contributed by atoms with Crippen molar-refractivity contribution < 1.29 is 9.59 Å². The Hall–Kier alpha value is -1.88. The number of amides is 2. The number of rotatable bonds is 2. The van der Waals surface area contributed by atoms with Crippen LogP contribution in [0.5, 0.6) is 0 Å². The highest BCUT2D eigenvalue weighted by molar-refractivity contribution is 6.09. The predicted octanol–water partition coefficient (Wildman–Crippen LogP) is 1.70. The maximum absolute atomic E-state index is 12.6. The normalized spacial score (nSPS) is 20.0. The first-order valence-corrected chi connectivity index (χ1v) is 7.51. The maximum Gasteiger partial charge on any atom is 0.244 e. The molecule has 0 radical (unpaired) electrons. The number of para-hydroxylation sites is 2. The van der Waals surface area contributed by atoms with E-state index in [1.54, 1.807) is 4.90 Å². The van der Waals surface area contributed by atoms with Gasteiger partial charge in [0.25, 0.3) is 0 Å². The van der Waals surface area contributed by atoms with Crippen LogP contribution in [0, 0.1) is 5.92 Å². The first-order chi connectivity index (χ1) is 10.1. The third-order valence-electron chi connectivity index (χ3n) is 4.37. The Labute approximate surface area is 124 Å².